The van der Waals surface area contributed by atoms with Gasteiger partial charge in [-0.1, -0.05) is 108 Å². The first-order chi connectivity index (χ1) is 11.7. The second kappa shape index (κ2) is 17.5. The second-order valence-electron chi connectivity index (χ2n) is 5.85. The average Bonchev–Trinajstić information content (AvgIpc) is 2.62. The summed E-state index contributed by atoms with van der Waals surface area (Å²) in [5.41, 5.74) is 1.17. The molecule has 0 bridgehead atoms. The third-order valence-corrected chi connectivity index (χ3v) is 3.73. The van der Waals surface area contributed by atoms with Crippen molar-refractivity contribution in [3.8, 4) is 0 Å². The Morgan fingerprint density at radius 3 is 1.92 bits per heavy atom. The maximum Gasteiger partial charge on any atom is 0.310 e. The molecule has 1 aromatic carbocycles. The zero-order valence-electron chi connectivity index (χ0n) is 15.3. The molecule has 0 spiro atoms. The van der Waals surface area contributed by atoms with Gasteiger partial charge in [0.2, 0.25) is 0 Å². The molecule has 0 radical (unpaired) electrons. The van der Waals surface area contributed by atoms with Crippen molar-refractivity contribution in [3.05, 3.63) is 55.3 Å². The molecule has 0 aliphatic carbocycles. The number of rotatable bonds is 12. The SMILES string of the molecule is C=COC(=O)CCCCCCCCCCC.C=Cc1ccccc1. The first-order valence-corrected chi connectivity index (χ1v) is 9.22. The smallest absolute Gasteiger partial charge is 0.310 e. The topological polar surface area (TPSA) is 26.3 Å². The van der Waals surface area contributed by atoms with Gasteiger partial charge in [0.05, 0.1) is 6.26 Å². The maximum absolute atomic E-state index is 11.0. The molecule has 0 aliphatic heterocycles. The van der Waals surface area contributed by atoms with Crippen molar-refractivity contribution >= 4 is 12.0 Å². The van der Waals surface area contributed by atoms with Crippen LogP contribution < -0.4 is 0 Å². The monoisotopic (exact) mass is 330 g/mol. The summed E-state index contributed by atoms with van der Waals surface area (Å²) in [6.45, 7) is 9.22. The van der Waals surface area contributed by atoms with Crippen molar-refractivity contribution in [1.82, 2.24) is 0 Å². The molecule has 2 heteroatoms. The van der Waals surface area contributed by atoms with Crippen molar-refractivity contribution in [2.75, 3.05) is 0 Å². The lowest BCUT2D eigenvalue weighted by atomic mass is 10.1. The van der Waals surface area contributed by atoms with Gasteiger partial charge in [-0.2, -0.15) is 0 Å². The molecule has 1 aromatic rings. The number of benzene rings is 1. The molecule has 1 rings (SSSR count). The van der Waals surface area contributed by atoms with E-state index in [0.717, 1.165) is 12.8 Å². The number of carbonyl (C=O) groups excluding carboxylic acids is 1. The van der Waals surface area contributed by atoms with Crippen LogP contribution in [0.25, 0.3) is 6.08 Å². The Morgan fingerprint density at radius 1 is 0.917 bits per heavy atom. The van der Waals surface area contributed by atoms with Crippen LogP contribution in [0, 0.1) is 0 Å². The quantitative estimate of drug-likeness (QED) is 0.236. The van der Waals surface area contributed by atoms with Crippen LogP contribution in [-0.2, 0) is 9.53 Å². The molecule has 2 nitrogen and oxygen atoms in total. The summed E-state index contributed by atoms with van der Waals surface area (Å²) in [5, 5.41) is 0. The number of unbranched alkanes of at least 4 members (excludes halogenated alkanes) is 8. The standard InChI is InChI=1S/C14H26O2.C8H8/c1-3-5-6-7-8-9-10-11-12-13-14(15)16-4-2;1-2-8-6-4-3-5-7-8/h4H,2-3,5-13H2,1H3;2-7H,1H2. The highest BCUT2D eigenvalue weighted by atomic mass is 16.5. The van der Waals surface area contributed by atoms with Crippen LogP contribution in [0.1, 0.15) is 76.7 Å². The highest BCUT2D eigenvalue weighted by Gasteiger charge is 1.99. The minimum atomic E-state index is -0.155. The summed E-state index contributed by atoms with van der Waals surface area (Å²) in [6, 6.07) is 10.0. The van der Waals surface area contributed by atoms with E-state index >= 15 is 0 Å². The van der Waals surface area contributed by atoms with Crippen molar-refractivity contribution in [2.45, 2.75) is 71.1 Å². The molecule has 0 unspecified atom stereocenters. The molecular weight excluding hydrogens is 296 g/mol. The van der Waals surface area contributed by atoms with Crippen LogP contribution in [0.5, 0.6) is 0 Å². The Bertz CT molecular complexity index is 423. The zero-order chi connectivity index (χ0) is 17.9. The van der Waals surface area contributed by atoms with E-state index in [2.05, 4.69) is 24.8 Å². The highest BCUT2D eigenvalue weighted by Crippen LogP contribution is 2.10. The third-order valence-electron chi connectivity index (χ3n) is 3.73. The van der Waals surface area contributed by atoms with Crippen LogP contribution in [0.3, 0.4) is 0 Å². The van der Waals surface area contributed by atoms with Gasteiger partial charge in [-0.3, -0.25) is 4.79 Å². The lowest BCUT2D eigenvalue weighted by Crippen LogP contribution is -1.98. The second-order valence-corrected chi connectivity index (χ2v) is 5.85. The Kier molecular flexibility index (Phi) is 16.2. The first-order valence-electron chi connectivity index (χ1n) is 9.22. The Hall–Kier alpha value is -1.83. The van der Waals surface area contributed by atoms with Crippen LogP contribution in [0.2, 0.25) is 0 Å². The van der Waals surface area contributed by atoms with E-state index in [1.165, 1.54) is 56.8 Å². The fourth-order valence-electron chi connectivity index (χ4n) is 2.32. The maximum atomic E-state index is 11.0. The van der Waals surface area contributed by atoms with Crippen molar-refractivity contribution < 1.29 is 9.53 Å². The Labute approximate surface area is 148 Å². The minimum Gasteiger partial charge on any atom is -0.435 e. The Balaban J connectivity index is 0.000000546. The lowest BCUT2D eigenvalue weighted by molar-refractivity contribution is -0.138. The van der Waals surface area contributed by atoms with Gasteiger partial charge in [-0.25, -0.2) is 0 Å². The van der Waals surface area contributed by atoms with E-state index in [1.807, 2.05) is 36.4 Å². The largest absolute Gasteiger partial charge is 0.435 e. The van der Waals surface area contributed by atoms with Gasteiger partial charge < -0.3 is 4.74 Å². The summed E-state index contributed by atoms with van der Waals surface area (Å²) < 4.78 is 4.64. The fraction of sp³-hybridized carbons (Fsp3) is 0.500. The van der Waals surface area contributed by atoms with E-state index < -0.39 is 0 Å². The molecule has 0 heterocycles. The number of hydrogen-bond donors (Lipinski definition) is 0. The molecule has 0 saturated heterocycles. The number of hydrogen-bond acceptors (Lipinski definition) is 2. The van der Waals surface area contributed by atoms with Gasteiger partial charge in [-0.15, -0.1) is 0 Å². The van der Waals surface area contributed by atoms with Gasteiger partial charge in [0.25, 0.3) is 0 Å². The summed E-state index contributed by atoms with van der Waals surface area (Å²) in [5.74, 6) is -0.155. The van der Waals surface area contributed by atoms with E-state index in [0.29, 0.717) is 6.42 Å². The third kappa shape index (κ3) is 15.1. The van der Waals surface area contributed by atoms with Crippen molar-refractivity contribution in [3.63, 3.8) is 0 Å². The molecule has 0 amide bonds. The molecule has 0 fully saturated rings. The summed E-state index contributed by atoms with van der Waals surface area (Å²) in [4.78, 5) is 11.0. The fourth-order valence-corrected chi connectivity index (χ4v) is 2.32. The van der Waals surface area contributed by atoms with Crippen LogP contribution >= 0.6 is 0 Å². The van der Waals surface area contributed by atoms with Crippen LogP contribution in [0.4, 0.5) is 0 Å². The summed E-state index contributed by atoms with van der Waals surface area (Å²) >= 11 is 0. The normalized spacial score (nSPS) is 9.54. The van der Waals surface area contributed by atoms with Crippen LogP contribution in [0.15, 0.2) is 49.8 Å². The number of esters is 1. The lowest BCUT2D eigenvalue weighted by Gasteiger charge is -2.01. The molecule has 0 N–H and O–H groups in total. The van der Waals surface area contributed by atoms with Crippen molar-refractivity contribution in [2.24, 2.45) is 0 Å². The van der Waals surface area contributed by atoms with Crippen LogP contribution in [-0.4, -0.2) is 5.97 Å². The predicted molar refractivity (Wildman–Crippen MR) is 105 cm³/mol. The van der Waals surface area contributed by atoms with Gasteiger partial charge in [0, 0.05) is 6.42 Å². The van der Waals surface area contributed by atoms with E-state index in [-0.39, 0.29) is 5.97 Å². The molecule has 0 aliphatic rings. The minimum absolute atomic E-state index is 0.155. The van der Waals surface area contributed by atoms with Crippen molar-refractivity contribution in [1.29, 1.82) is 0 Å². The van der Waals surface area contributed by atoms with E-state index in [9.17, 15) is 4.79 Å². The van der Waals surface area contributed by atoms with E-state index in [4.69, 9.17) is 0 Å². The predicted octanol–water partition coefficient (Wildman–Crippen LogP) is 6.92. The molecule has 0 aromatic heterocycles. The summed E-state index contributed by atoms with van der Waals surface area (Å²) in [7, 11) is 0. The molecule has 0 atom stereocenters. The number of ether oxygens (including phenoxy) is 1. The number of carbonyl (C=O) groups is 1. The van der Waals surface area contributed by atoms with Gasteiger partial charge >= 0.3 is 5.97 Å². The highest BCUT2D eigenvalue weighted by molar-refractivity contribution is 5.69. The zero-order valence-corrected chi connectivity index (χ0v) is 15.3. The van der Waals surface area contributed by atoms with Gasteiger partial charge in [-0.05, 0) is 12.0 Å². The first kappa shape index (κ1) is 22.2. The Morgan fingerprint density at radius 2 is 1.46 bits per heavy atom. The average molecular weight is 331 g/mol. The summed E-state index contributed by atoms with van der Waals surface area (Å²) in [6.07, 6.45) is 15.0. The molecule has 134 valence electrons. The molecule has 0 saturated carbocycles. The molecular formula is C22H34O2. The molecule has 24 heavy (non-hydrogen) atoms. The van der Waals surface area contributed by atoms with E-state index in [1.54, 1.807) is 0 Å². The van der Waals surface area contributed by atoms with Gasteiger partial charge in [0.1, 0.15) is 0 Å². The van der Waals surface area contributed by atoms with Gasteiger partial charge in [0.15, 0.2) is 0 Å².